The third-order valence-corrected chi connectivity index (χ3v) is 3.84. The summed E-state index contributed by atoms with van der Waals surface area (Å²) in [5.74, 6) is -0.881. The predicted octanol–water partition coefficient (Wildman–Crippen LogP) is 4.33. The molecule has 1 N–H and O–H groups in total. The minimum atomic E-state index is -0.881. The molecule has 21 heavy (non-hydrogen) atoms. The first-order valence-corrected chi connectivity index (χ1v) is 7.03. The van der Waals surface area contributed by atoms with Gasteiger partial charge in [0.2, 0.25) is 0 Å². The van der Waals surface area contributed by atoms with E-state index in [4.69, 9.17) is 0 Å². The highest BCUT2D eigenvalue weighted by Crippen LogP contribution is 2.28. The number of fused-ring (bicyclic) bond motifs is 1. The van der Waals surface area contributed by atoms with Gasteiger partial charge in [-0.3, -0.25) is 0 Å². The van der Waals surface area contributed by atoms with Crippen molar-refractivity contribution in [3.8, 4) is 11.1 Å². The Bertz CT molecular complexity index is 813. The van der Waals surface area contributed by atoms with E-state index in [9.17, 15) is 9.90 Å². The molecule has 3 aromatic rings. The van der Waals surface area contributed by atoms with E-state index in [1.165, 1.54) is 5.56 Å². The summed E-state index contributed by atoms with van der Waals surface area (Å²) in [6.45, 7) is 4.82. The van der Waals surface area contributed by atoms with Crippen molar-refractivity contribution in [3.05, 3.63) is 59.8 Å². The van der Waals surface area contributed by atoms with E-state index in [-0.39, 0.29) is 0 Å². The molecule has 3 nitrogen and oxygen atoms in total. The van der Waals surface area contributed by atoms with Gasteiger partial charge in [-0.05, 0) is 37.1 Å². The van der Waals surface area contributed by atoms with Crippen LogP contribution in [0.15, 0.2) is 48.7 Å². The second kappa shape index (κ2) is 5.09. The van der Waals surface area contributed by atoms with E-state index in [2.05, 4.69) is 31.2 Å². The molecule has 1 aromatic heterocycles. The Morgan fingerprint density at radius 1 is 1.10 bits per heavy atom. The smallest absolute Gasteiger partial charge is 0.337 e. The fourth-order valence-electron chi connectivity index (χ4n) is 2.65. The summed E-state index contributed by atoms with van der Waals surface area (Å²) < 4.78 is 1.97. The molecule has 1 heterocycles. The van der Waals surface area contributed by atoms with Crippen LogP contribution in [0, 0.1) is 6.92 Å². The quantitative estimate of drug-likeness (QED) is 0.775. The van der Waals surface area contributed by atoms with Crippen LogP contribution in [-0.4, -0.2) is 15.6 Å². The van der Waals surface area contributed by atoms with E-state index in [0.717, 1.165) is 28.6 Å². The van der Waals surface area contributed by atoms with Gasteiger partial charge in [0.1, 0.15) is 0 Å². The molecule has 0 spiro atoms. The molecule has 0 aliphatic heterocycles. The van der Waals surface area contributed by atoms with E-state index in [1.54, 1.807) is 6.20 Å². The Morgan fingerprint density at radius 3 is 2.38 bits per heavy atom. The monoisotopic (exact) mass is 279 g/mol. The van der Waals surface area contributed by atoms with Crippen molar-refractivity contribution in [2.75, 3.05) is 0 Å². The van der Waals surface area contributed by atoms with Crippen molar-refractivity contribution in [1.82, 2.24) is 4.57 Å². The highest BCUT2D eigenvalue weighted by molar-refractivity contribution is 6.04. The van der Waals surface area contributed by atoms with Crippen LogP contribution in [-0.2, 0) is 6.54 Å². The van der Waals surface area contributed by atoms with Crippen LogP contribution in [0.1, 0.15) is 22.8 Å². The fraction of sp³-hybridized carbons (Fsp3) is 0.167. The molecule has 0 fully saturated rings. The number of carboxylic acid groups (broad SMARTS) is 1. The second-order valence-electron chi connectivity index (χ2n) is 5.23. The summed E-state index contributed by atoms with van der Waals surface area (Å²) in [4.78, 5) is 11.4. The SMILES string of the molecule is CCn1cc(C(=O)O)c2cc(-c3ccc(C)cc3)ccc21. The lowest BCUT2D eigenvalue weighted by Crippen LogP contribution is -1.94. The average molecular weight is 279 g/mol. The van der Waals surface area contributed by atoms with Crippen molar-refractivity contribution >= 4 is 16.9 Å². The minimum absolute atomic E-state index is 0.362. The number of hydrogen-bond donors (Lipinski definition) is 1. The maximum Gasteiger partial charge on any atom is 0.337 e. The maximum atomic E-state index is 11.4. The maximum absolute atomic E-state index is 11.4. The summed E-state index contributed by atoms with van der Waals surface area (Å²) in [6, 6.07) is 14.3. The molecule has 0 aliphatic rings. The topological polar surface area (TPSA) is 42.2 Å². The van der Waals surface area contributed by atoms with Crippen LogP contribution in [0.25, 0.3) is 22.0 Å². The molecule has 0 bridgehead atoms. The van der Waals surface area contributed by atoms with Gasteiger partial charge in [-0.25, -0.2) is 4.79 Å². The van der Waals surface area contributed by atoms with Crippen molar-refractivity contribution in [3.63, 3.8) is 0 Å². The van der Waals surface area contributed by atoms with Crippen molar-refractivity contribution in [1.29, 1.82) is 0 Å². The number of carboxylic acids is 1. The van der Waals surface area contributed by atoms with Gasteiger partial charge in [0, 0.05) is 23.6 Å². The molecule has 0 amide bonds. The molecule has 2 aromatic carbocycles. The minimum Gasteiger partial charge on any atom is -0.478 e. The van der Waals surface area contributed by atoms with Gasteiger partial charge in [-0.2, -0.15) is 0 Å². The number of carbonyl (C=O) groups is 1. The van der Waals surface area contributed by atoms with Crippen LogP contribution in [0.4, 0.5) is 0 Å². The van der Waals surface area contributed by atoms with E-state index in [1.807, 2.05) is 29.7 Å². The van der Waals surface area contributed by atoms with Gasteiger partial charge >= 0.3 is 5.97 Å². The Balaban J connectivity index is 2.21. The number of benzene rings is 2. The zero-order chi connectivity index (χ0) is 15.0. The van der Waals surface area contributed by atoms with Gasteiger partial charge in [0.25, 0.3) is 0 Å². The predicted molar refractivity (Wildman–Crippen MR) is 84.7 cm³/mol. The van der Waals surface area contributed by atoms with Crippen molar-refractivity contribution < 1.29 is 9.90 Å². The molecule has 106 valence electrons. The Kier molecular flexibility index (Phi) is 3.26. The number of nitrogens with zero attached hydrogens (tertiary/aromatic N) is 1. The Hall–Kier alpha value is -2.55. The molecular weight excluding hydrogens is 262 g/mol. The van der Waals surface area contributed by atoms with E-state index in [0.29, 0.717) is 5.56 Å². The third kappa shape index (κ3) is 2.31. The number of hydrogen-bond acceptors (Lipinski definition) is 1. The van der Waals surface area contributed by atoms with Crippen LogP contribution < -0.4 is 0 Å². The van der Waals surface area contributed by atoms with E-state index >= 15 is 0 Å². The zero-order valence-corrected chi connectivity index (χ0v) is 12.1. The average Bonchev–Trinajstić information content (AvgIpc) is 2.86. The summed E-state index contributed by atoms with van der Waals surface area (Å²) in [5.41, 5.74) is 4.68. The molecule has 0 saturated carbocycles. The standard InChI is InChI=1S/C18H17NO2/c1-3-19-11-16(18(20)21)15-10-14(8-9-17(15)19)13-6-4-12(2)5-7-13/h4-11H,3H2,1-2H3,(H,20,21). The Morgan fingerprint density at radius 2 is 1.76 bits per heavy atom. The molecule has 0 aliphatic carbocycles. The normalized spacial score (nSPS) is 11.0. The Labute approximate surface area is 123 Å². The van der Waals surface area contributed by atoms with Crippen molar-refractivity contribution in [2.45, 2.75) is 20.4 Å². The highest BCUT2D eigenvalue weighted by atomic mass is 16.4. The lowest BCUT2D eigenvalue weighted by molar-refractivity contribution is 0.0699. The molecule has 3 rings (SSSR count). The summed E-state index contributed by atoms with van der Waals surface area (Å²) >= 11 is 0. The van der Waals surface area contributed by atoms with Gasteiger partial charge in [-0.15, -0.1) is 0 Å². The van der Waals surface area contributed by atoms with Gasteiger partial charge in [0.15, 0.2) is 0 Å². The van der Waals surface area contributed by atoms with E-state index < -0.39 is 5.97 Å². The molecular formula is C18H17NO2. The first-order chi connectivity index (χ1) is 10.1. The number of aryl methyl sites for hydroxylation is 2. The zero-order valence-electron chi connectivity index (χ0n) is 12.1. The van der Waals surface area contributed by atoms with Crippen molar-refractivity contribution in [2.24, 2.45) is 0 Å². The highest BCUT2D eigenvalue weighted by Gasteiger charge is 2.14. The van der Waals surface area contributed by atoms with Crippen LogP contribution >= 0.6 is 0 Å². The van der Waals surface area contributed by atoms with Gasteiger partial charge < -0.3 is 9.67 Å². The summed E-state index contributed by atoms with van der Waals surface area (Å²) in [6.07, 6.45) is 1.71. The lowest BCUT2D eigenvalue weighted by atomic mass is 10.0. The molecule has 3 heteroatoms. The third-order valence-electron chi connectivity index (χ3n) is 3.84. The number of rotatable bonds is 3. The number of aromatic carboxylic acids is 1. The van der Waals surface area contributed by atoms with Gasteiger partial charge in [0.05, 0.1) is 5.56 Å². The second-order valence-corrected chi connectivity index (χ2v) is 5.23. The largest absolute Gasteiger partial charge is 0.478 e. The molecule has 0 radical (unpaired) electrons. The summed E-state index contributed by atoms with van der Waals surface area (Å²) in [5, 5.41) is 10.2. The first-order valence-electron chi connectivity index (χ1n) is 7.03. The molecule has 0 atom stereocenters. The fourth-order valence-corrected chi connectivity index (χ4v) is 2.65. The lowest BCUT2D eigenvalue weighted by Gasteiger charge is -2.05. The molecule has 0 saturated heterocycles. The number of aromatic nitrogens is 1. The van der Waals surface area contributed by atoms with Crippen LogP contribution in [0.5, 0.6) is 0 Å². The first kappa shape index (κ1) is 13.4. The molecule has 0 unspecified atom stereocenters. The van der Waals surface area contributed by atoms with Gasteiger partial charge in [-0.1, -0.05) is 35.9 Å². The summed E-state index contributed by atoms with van der Waals surface area (Å²) in [7, 11) is 0. The van der Waals surface area contributed by atoms with Crippen LogP contribution in [0.3, 0.4) is 0 Å². The van der Waals surface area contributed by atoms with Crippen LogP contribution in [0.2, 0.25) is 0 Å².